The molecule has 1 aliphatic heterocycles. The lowest BCUT2D eigenvalue weighted by atomic mass is 9.81. The number of hydrogen-bond acceptors (Lipinski definition) is 1. The molecule has 15 heavy (non-hydrogen) atoms. The third-order valence-corrected chi connectivity index (χ3v) is 3.08. The van der Waals surface area contributed by atoms with E-state index in [0.29, 0.717) is 0 Å². The lowest BCUT2D eigenvalue weighted by Gasteiger charge is -2.30. The minimum atomic E-state index is -0.277. The first-order valence-electron chi connectivity index (χ1n) is 5.46. The van der Waals surface area contributed by atoms with Crippen molar-refractivity contribution >= 4 is 11.6 Å². The van der Waals surface area contributed by atoms with Gasteiger partial charge in [-0.3, -0.25) is 4.79 Å². The van der Waals surface area contributed by atoms with Crippen molar-refractivity contribution in [2.45, 2.75) is 33.6 Å². The summed E-state index contributed by atoms with van der Waals surface area (Å²) in [6.45, 7) is 6.09. The van der Waals surface area contributed by atoms with Gasteiger partial charge in [0.15, 0.2) is 0 Å². The van der Waals surface area contributed by atoms with E-state index in [1.54, 1.807) is 0 Å². The number of anilines is 1. The maximum absolute atomic E-state index is 11.8. The van der Waals surface area contributed by atoms with Crippen molar-refractivity contribution in [3.05, 3.63) is 29.3 Å². The summed E-state index contributed by atoms with van der Waals surface area (Å²) < 4.78 is 0. The highest BCUT2D eigenvalue weighted by Gasteiger charge is 2.33. The normalized spacial score (nSPS) is 18.2. The number of nitrogens with one attached hydrogen (secondary N) is 1. The summed E-state index contributed by atoms with van der Waals surface area (Å²) in [5, 5.41) is 2.99. The first kappa shape index (κ1) is 10.2. The summed E-state index contributed by atoms with van der Waals surface area (Å²) in [7, 11) is 0. The summed E-state index contributed by atoms with van der Waals surface area (Å²) in [6.07, 6.45) is 1.84. The van der Waals surface area contributed by atoms with Crippen molar-refractivity contribution in [2.24, 2.45) is 5.41 Å². The topological polar surface area (TPSA) is 29.1 Å². The molecule has 1 N–H and O–H groups in total. The first-order valence-corrected chi connectivity index (χ1v) is 5.46. The molecule has 0 saturated carbocycles. The maximum atomic E-state index is 11.8. The van der Waals surface area contributed by atoms with Crippen LogP contribution in [0, 0.1) is 5.41 Å². The van der Waals surface area contributed by atoms with Gasteiger partial charge >= 0.3 is 0 Å². The average Bonchev–Trinajstić information content (AvgIpc) is 2.19. The zero-order valence-corrected chi connectivity index (χ0v) is 9.55. The number of carbonyl (C=O) groups is 1. The third-order valence-electron chi connectivity index (χ3n) is 3.08. The molecule has 1 amide bonds. The highest BCUT2D eigenvalue weighted by Crippen LogP contribution is 2.33. The quantitative estimate of drug-likeness (QED) is 0.747. The summed E-state index contributed by atoms with van der Waals surface area (Å²) in [5.74, 6) is 0.128. The van der Waals surface area contributed by atoms with Gasteiger partial charge in [-0.1, -0.05) is 32.9 Å². The smallest absolute Gasteiger partial charge is 0.230 e. The van der Waals surface area contributed by atoms with Gasteiger partial charge < -0.3 is 5.32 Å². The summed E-state index contributed by atoms with van der Waals surface area (Å²) >= 11 is 0. The molecule has 2 nitrogen and oxygen atoms in total. The Morgan fingerprint density at radius 2 is 2.13 bits per heavy atom. The van der Waals surface area contributed by atoms with Crippen molar-refractivity contribution in [3.63, 3.8) is 0 Å². The van der Waals surface area contributed by atoms with Crippen LogP contribution in [0.15, 0.2) is 18.2 Å². The Morgan fingerprint density at radius 3 is 2.80 bits per heavy atom. The fourth-order valence-corrected chi connectivity index (χ4v) is 1.96. The Morgan fingerprint density at radius 1 is 1.40 bits per heavy atom. The van der Waals surface area contributed by atoms with Gasteiger partial charge in [0.2, 0.25) is 5.91 Å². The molecule has 0 unspecified atom stereocenters. The minimum absolute atomic E-state index is 0.128. The third kappa shape index (κ3) is 1.76. The Hall–Kier alpha value is -1.31. The van der Waals surface area contributed by atoms with Crippen molar-refractivity contribution in [1.29, 1.82) is 0 Å². The van der Waals surface area contributed by atoms with Crippen LogP contribution in [-0.2, 0) is 17.6 Å². The molecule has 0 aliphatic carbocycles. The summed E-state index contributed by atoms with van der Waals surface area (Å²) in [5.41, 5.74) is 3.24. The molecule has 1 aromatic rings. The van der Waals surface area contributed by atoms with Crippen molar-refractivity contribution in [1.82, 2.24) is 0 Å². The molecule has 0 aromatic heterocycles. The Kier molecular flexibility index (Phi) is 2.29. The van der Waals surface area contributed by atoms with E-state index >= 15 is 0 Å². The van der Waals surface area contributed by atoms with Gasteiger partial charge in [-0.05, 0) is 30.0 Å². The number of rotatable bonds is 1. The molecular formula is C13H17NO. The SMILES string of the molecule is CCc1ccc2c(c1)NC(=O)C(C)(C)C2. The Balaban J connectivity index is 2.41. The second kappa shape index (κ2) is 3.37. The zero-order valence-electron chi connectivity index (χ0n) is 9.55. The highest BCUT2D eigenvalue weighted by atomic mass is 16.2. The van der Waals surface area contributed by atoms with E-state index in [-0.39, 0.29) is 11.3 Å². The predicted octanol–water partition coefficient (Wildman–Crippen LogP) is 2.77. The van der Waals surface area contributed by atoms with Gasteiger partial charge in [-0.2, -0.15) is 0 Å². The molecule has 1 aromatic carbocycles. The summed E-state index contributed by atoms with van der Waals surface area (Å²) in [6, 6.07) is 6.37. The van der Waals surface area contributed by atoms with Gasteiger partial charge in [-0.25, -0.2) is 0 Å². The second-order valence-electron chi connectivity index (χ2n) is 4.86. The molecule has 0 atom stereocenters. The Labute approximate surface area is 90.7 Å². The number of benzene rings is 1. The van der Waals surface area contributed by atoms with Crippen LogP contribution >= 0.6 is 0 Å². The molecule has 2 rings (SSSR count). The lowest BCUT2D eigenvalue weighted by Crippen LogP contribution is -2.37. The number of aryl methyl sites for hydroxylation is 1. The molecule has 80 valence electrons. The van der Waals surface area contributed by atoms with Crippen LogP contribution in [-0.4, -0.2) is 5.91 Å². The Bertz CT molecular complexity index is 407. The number of amides is 1. The monoisotopic (exact) mass is 203 g/mol. The van der Waals surface area contributed by atoms with Crippen LogP contribution in [0.3, 0.4) is 0 Å². The maximum Gasteiger partial charge on any atom is 0.230 e. The summed E-state index contributed by atoms with van der Waals surface area (Å²) in [4.78, 5) is 11.8. The van der Waals surface area contributed by atoms with E-state index < -0.39 is 0 Å². The van der Waals surface area contributed by atoms with Crippen molar-refractivity contribution in [2.75, 3.05) is 5.32 Å². The zero-order chi connectivity index (χ0) is 11.1. The van der Waals surface area contributed by atoms with Gasteiger partial charge in [0, 0.05) is 11.1 Å². The van der Waals surface area contributed by atoms with Gasteiger partial charge in [0.1, 0.15) is 0 Å². The molecule has 0 spiro atoms. The molecule has 0 radical (unpaired) electrons. The first-order chi connectivity index (χ1) is 7.03. The van der Waals surface area contributed by atoms with Gasteiger partial charge in [0.25, 0.3) is 0 Å². The van der Waals surface area contributed by atoms with Gasteiger partial charge in [0.05, 0.1) is 0 Å². The van der Waals surface area contributed by atoms with Crippen molar-refractivity contribution < 1.29 is 4.79 Å². The number of carbonyl (C=O) groups excluding carboxylic acids is 1. The van der Waals surface area contributed by atoms with Crippen LogP contribution in [0.25, 0.3) is 0 Å². The van der Waals surface area contributed by atoms with E-state index in [1.165, 1.54) is 11.1 Å². The van der Waals surface area contributed by atoms with E-state index in [9.17, 15) is 4.79 Å². The van der Waals surface area contributed by atoms with Crippen LogP contribution in [0.5, 0.6) is 0 Å². The molecular weight excluding hydrogens is 186 g/mol. The van der Waals surface area contributed by atoms with Crippen LogP contribution in [0.4, 0.5) is 5.69 Å². The molecule has 0 fully saturated rings. The molecule has 1 aliphatic rings. The van der Waals surface area contributed by atoms with Gasteiger partial charge in [-0.15, -0.1) is 0 Å². The van der Waals surface area contributed by atoms with Crippen LogP contribution < -0.4 is 5.32 Å². The van der Waals surface area contributed by atoms with E-state index in [1.807, 2.05) is 13.8 Å². The number of fused-ring (bicyclic) bond motifs is 1. The van der Waals surface area contributed by atoms with Crippen molar-refractivity contribution in [3.8, 4) is 0 Å². The average molecular weight is 203 g/mol. The predicted molar refractivity (Wildman–Crippen MR) is 61.9 cm³/mol. The second-order valence-corrected chi connectivity index (χ2v) is 4.86. The minimum Gasteiger partial charge on any atom is -0.325 e. The van der Waals surface area contributed by atoms with Crippen LogP contribution in [0.2, 0.25) is 0 Å². The van der Waals surface area contributed by atoms with E-state index in [2.05, 4.69) is 30.4 Å². The highest BCUT2D eigenvalue weighted by molar-refractivity contribution is 5.98. The molecule has 1 heterocycles. The number of hydrogen-bond donors (Lipinski definition) is 1. The fourth-order valence-electron chi connectivity index (χ4n) is 1.96. The molecule has 0 bridgehead atoms. The van der Waals surface area contributed by atoms with E-state index in [4.69, 9.17) is 0 Å². The van der Waals surface area contributed by atoms with E-state index in [0.717, 1.165) is 18.5 Å². The standard InChI is InChI=1S/C13H17NO/c1-4-9-5-6-10-8-13(2,3)12(15)14-11(10)7-9/h5-7H,4,8H2,1-3H3,(H,14,15). The lowest BCUT2D eigenvalue weighted by molar-refractivity contribution is -0.124. The fraction of sp³-hybridized carbons (Fsp3) is 0.462. The van der Waals surface area contributed by atoms with Crippen LogP contribution in [0.1, 0.15) is 31.9 Å². The largest absolute Gasteiger partial charge is 0.325 e. The molecule has 0 saturated heterocycles. The molecule has 2 heteroatoms.